The van der Waals surface area contributed by atoms with Gasteiger partial charge in [0.1, 0.15) is 0 Å². The first-order valence-electron chi connectivity index (χ1n) is 8.88. The minimum absolute atomic E-state index is 0.221. The zero-order valence-electron chi connectivity index (χ0n) is 13.9. The van der Waals surface area contributed by atoms with Crippen molar-refractivity contribution >= 4 is 5.91 Å². The van der Waals surface area contributed by atoms with Crippen LogP contribution in [0.25, 0.3) is 0 Å². The lowest BCUT2D eigenvalue weighted by Crippen LogP contribution is -2.40. The van der Waals surface area contributed by atoms with Crippen molar-refractivity contribution in [2.75, 3.05) is 39.3 Å². The third-order valence-corrected chi connectivity index (χ3v) is 4.95. The van der Waals surface area contributed by atoms with Gasteiger partial charge in [-0.3, -0.25) is 9.69 Å². The van der Waals surface area contributed by atoms with Crippen LogP contribution >= 0.6 is 0 Å². The topological polar surface area (TPSA) is 35.6 Å². The lowest BCUT2D eigenvalue weighted by molar-refractivity contribution is -0.122. The van der Waals surface area contributed by atoms with Crippen LogP contribution in [0.2, 0.25) is 0 Å². The van der Waals surface area contributed by atoms with E-state index in [1.807, 2.05) is 0 Å². The maximum absolute atomic E-state index is 12.1. The summed E-state index contributed by atoms with van der Waals surface area (Å²) in [7, 11) is 0. The van der Waals surface area contributed by atoms with Crippen LogP contribution in [0.4, 0.5) is 0 Å². The van der Waals surface area contributed by atoms with Crippen LogP contribution in [-0.4, -0.2) is 61.0 Å². The molecule has 4 nitrogen and oxygen atoms in total. The minimum Gasteiger partial charge on any atom is -0.355 e. The molecule has 2 heterocycles. The van der Waals surface area contributed by atoms with Gasteiger partial charge in [0.05, 0.1) is 6.54 Å². The van der Waals surface area contributed by atoms with E-state index in [1.165, 1.54) is 45.1 Å². The molecule has 0 spiro atoms. The van der Waals surface area contributed by atoms with E-state index in [1.54, 1.807) is 0 Å². The molecule has 122 valence electrons. The third kappa shape index (κ3) is 5.95. The SMILES string of the molecule is CC(C)N1CC[C@@H](CNC(=O)CN2CCCCCCC2)C1. The van der Waals surface area contributed by atoms with Gasteiger partial charge in [-0.25, -0.2) is 0 Å². The predicted octanol–water partition coefficient (Wildman–Crippen LogP) is 2.10. The lowest BCUT2D eigenvalue weighted by Gasteiger charge is -2.24. The van der Waals surface area contributed by atoms with Crippen LogP contribution in [0.15, 0.2) is 0 Å². The molecule has 1 atom stereocenters. The van der Waals surface area contributed by atoms with Gasteiger partial charge in [0.25, 0.3) is 0 Å². The number of nitrogens with zero attached hydrogens (tertiary/aromatic N) is 2. The molecular formula is C17H33N3O. The lowest BCUT2D eigenvalue weighted by atomic mass is 10.1. The van der Waals surface area contributed by atoms with Crippen molar-refractivity contribution in [1.82, 2.24) is 15.1 Å². The van der Waals surface area contributed by atoms with E-state index in [0.717, 1.165) is 26.2 Å². The summed E-state index contributed by atoms with van der Waals surface area (Å²) in [5.74, 6) is 0.863. The normalized spacial score (nSPS) is 25.8. The number of rotatable bonds is 5. The van der Waals surface area contributed by atoms with Crippen LogP contribution in [-0.2, 0) is 4.79 Å². The van der Waals surface area contributed by atoms with E-state index in [-0.39, 0.29) is 5.91 Å². The largest absolute Gasteiger partial charge is 0.355 e. The summed E-state index contributed by atoms with van der Waals surface area (Å²) < 4.78 is 0. The molecule has 2 fully saturated rings. The Hall–Kier alpha value is -0.610. The fourth-order valence-electron chi connectivity index (χ4n) is 3.49. The standard InChI is InChI=1S/C17H33N3O/c1-15(2)20-11-8-16(13-20)12-18-17(21)14-19-9-6-4-3-5-7-10-19/h15-16H,3-14H2,1-2H3,(H,18,21)/t16-/m0/s1. The second-order valence-corrected chi connectivity index (χ2v) is 7.09. The fraction of sp³-hybridized carbons (Fsp3) is 0.941. The molecular weight excluding hydrogens is 262 g/mol. The number of nitrogens with one attached hydrogen (secondary N) is 1. The molecule has 0 unspecified atom stereocenters. The van der Waals surface area contributed by atoms with E-state index >= 15 is 0 Å². The first-order chi connectivity index (χ1) is 10.1. The molecule has 2 aliphatic rings. The molecule has 4 heteroatoms. The Labute approximate surface area is 130 Å². The highest BCUT2D eigenvalue weighted by Crippen LogP contribution is 2.17. The average Bonchev–Trinajstić information content (AvgIpc) is 2.88. The first-order valence-corrected chi connectivity index (χ1v) is 8.88. The monoisotopic (exact) mass is 295 g/mol. The second-order valence-electron chi connectivity index (χ2n) is 7.09. The van der Waals surface area contributed by atoms with E-state index in [0.29, 0.717) is 18.5 Å². The minimum atomic E-state index is 0.221. The Balaban J connectivity index is 1.63. The summed E-state index contributed by atoms with van der Waals surface area (Å²) in [5.41, 5.74) is 0. The van der Waals surface area contributed by atoms with Gasteiger partial charge in [-0.05, 0) is 58.7 Å². The molecule has 0 aromatic carbocycles. The maximum Gasteiger partial charge on any atom is 0.234 e. The highest BCUT2D eigenvalue weighted by molar-refractivity contribution is 5.78. The zero-order valence-corrected chi connectivity index (χ0v) is 13.9. The molecule has 0 radical (unpaired) electrons. The van der Waals surface area contributed by atoms with Crippen LogP contribution in [0.3, 0.4) is 0 Å². The summed E-state index contributed by atoms with van der Waals surface area (Å²) in [6.07, 6.45) is 7.74. The zero-order chi connectivity index (χ0) is 15.1. The summed E-state index contributed by atoms with van der Waals surface area (Å²) in [6.45, 7) is 10.5. The van der Waals surface area contributed by atoms with E-state index in [9.17, 15) is 4.79 Å². The summed E-state index contributed by atoms with van der Waals surface area (Å²) in [5, 5.41) is 3.16. The summed E-state index contributed by atoms with van der Waals surface area (Å²) >= 11 is 0. The highest BCUT2D eigenvalue weighted by atomic mass is 16.2. The molecule has 2 saturated heterocycles. The van der Waals surface area contributed by atoms with Crippen molar-refractivity contribution < 1.29 is 4.79 Å². The van der Waals surface area contributed by atoms with Crippen LogP contribution < -0.4 is 5.32 Å². The number of carbonyl (C=O) groups is 1. The average molecular weight is 295 g/mol. The molecule has 2 rings (SSSR count). The Bertz CT molecular complexity index is 311. The Morgan fingerprint density at radius 2 is 1.76 bits per heavy atom. The van der Waals surface area contributed by atoms with Gasteiger partial charge in [0, 0.05) is 19.1 Å². The highest BCUT2D eigenvalue weighted by Gasteiger charge is 2.24. The Morgan fingerprint density at radius 1 is 1.10 bits per heavy atom. The smallest absolute Gasteiger partial charge is 0.234 e. The van der Waals surface area contributed by atoms with Crippen LogP contribution in [0.1, 0.15) is 52.4 Å². The molecule has 0 bridgehead atoms. The number of hydrogen-bond donors (Lipinski definition) is 1. The molecule has 0 aliphatic carbocycles. The van der Waals surface area contributed by atoms with Crippen molar-refractivity contribution in [3.63, 3.8) is 0 Å². The van der Waals surface area contributed by atoms with Gasteiger partial charge in [0.15, 0.2) is 0 Å². The Morgan fingerprint density at radius 3 is 2.38 bits per heavy atom. The van der Waals surface area contributed by atoms with Crippen molar-refractivity contribution in [3.8, 4) is 0 Å². The van der Waals surface area contributed by atoms with Gasteiger partial charge in [-0.15, -0.1) is 0 Å². The van der Waals surface area contributed by atoms with Crippen molar-refractivity contribution in [2.45, 2.75) is 58.4 Å². The molecule has 0 aromatic heterocycles. The molecule has 0 aromatic rings. The number of carbonyl (C=O) groups excluding carboxylic acids is 1. The van der Waals surface area contributed by atoms with E-state index in [2.05, 4.69) is 29.0 Å². The Kier molecular flexibility index (Phi) is 6.97. The van der Waals surface area contributed by atoms with Crippen molar-refractivity contribution in [3.05, 3.63) is 0 Å². The van der Waals surface area contributed by atoms with Crippen molar-refractivity contribution in [2.24, 2.45) is 5.92 Å². The molecule has 1 amide bonds. The molecule has 0 saturated carbocycles. The summed E-state index contributed by atoms with van der Waals surface area (Å²) in [4.78, 5) is 17.0. The maximum atomic E-state index is 12.1. The first kappa shape index (κ1) is 16.8. The third-order valence-electron chi connectivity index (χ3n) is 4.95. The van der Waals surface area contributed by atoms with Gasteiger partial charge in [0.2, 0.25) is 5.91 Å². The van der Waals surface area contributed by atoms with Crippen LogP contribution in [0.5, 0.6) is 0 Å². The van der Waals surface area contributed by atoms with Gasteiger partial charge >= 0.3 is 0 Å². The number of likely N-dealkylation sites (tertiary alicyclic amines) is 2. The van der Waals surface area contributed by atoms with E-state index < -0.39 is 0 Å². The number of hydrogen-bond acceptors (Lipinski definition) is 3. The van der Waals surface area contributed by atoms with Crippen molar-refractivity contribution in [1.29, 1.82) is 0 Å². The number of amides is 1. The predicted molar refractivity (Wildman–Crippen MR) is 87.4 cm³/mol. The van der Waals surface area contributed by atoms with E-state index in [4.69, 9.17) is 0 Å². The summed E-state index contributed by atoms with van der Waals surface area (Å²) in [6, 6.07) is 0.631. The quantitative estimate of drug-likeness (QED) is 0.844. The molecule has 1 N–H and O–H groups in total. The van der Waals surface area contributed by atoms with Gasteiger partial charge in [-0.2, -0.15) is 0 Å². The van der Waals surface area contributed by atoms with Crippen LogP contribution in [0, 0.1) is 5.92 Å². The second kappa shape index (κ2) is 8.74. The fourth-order valence-corrected chi connectivity index (χ4v) is 3.49. The molecule has 2 aliphatic heterocycles. The van der Waals surface area contributed by atoms with Gasteiger partial charge in [-0.1, -0.05) is 19.3 Å². The van der Waals surface area contributed by atoms with Gasteiger partial charge < -0.3 is 10.2 Å². The molecule has 21 heavy (non-hydrogen) atoms.